The quantitative estimate of drug-likeness (QED) is 0.780. The Morgan fingerprint density at radius 1 is 1.04 bits per heavy atom. The lowest BCUT2D eigenvalue weighted by molar-refractivity contribution is -0.136. The van der Waals surface area contributed by atoms with Crippen molar-refractivity contribution in [1.29, 1.82) is 0 Å². The van der Waals surface area contributed by atoms with Gasteiger partial charge in [0.1, 0.15) is 5.75 Å². The Morgan fingerprint density at radius 3 is 2.43 bits per heavy atom. The van der Waals surface area contributed by atoms with Crippen LogP contribution in [-0.4, -0.2) is 38.7 Å². The number of amides is 2. The predicted molar refractivity (Wildman–Crippen MR) is 108 cm³/mol. The van der Waals surface area contributed by atoms with Crippen LogP contribution in [0.5, 0.6) is 5.75 Å². The monoisotopic (exact) mass is 382 g/mol. The number of benzene rings is 2. The normalized spacial score (nSPS) is 15.5. The first kappa shape index (κ1) is 19.9. The van der Waals surface area contributed by atoms with E-state index in [1.165, 1.54) is 0 Å². The molecule has 1 saturated heterocycles. The molecule has 6 nitrogen and oxygen atoms in total. The second kappa shape index (κ2) is 8.89. The number of carbonyl (C=O) groups is 2. The number of rotatable bonds is 5. The fraction of sp³-hybridized carbons (Fsp3) is 0.364. The molecule has 1 aliphatic rings. The van der Waals surface area contributed by atoms with Gasteiger partial charge in [-0.15, -0.1) is 0 Å². The van der Waals surface area contributed by atoms with Crippen molar-refractivity contribution in [2.45, 2.75) is 25.2 Å². The SMILES string of the molecule is COc1ccccc1C1(CNC(=O)C(=O)Nc2ccccc2C)CCOCC1. The Hall–Kier alpha value is -2.86. The number of anilines is 1. The van der Waals surface area contributed by atoms with Crippen LogP contribution < -0.4 is 15.4 Å². The van der Waals surface area contributed by atoms with E-state index in [2.05, 4.69) is 10.6 Å². The minimum atomic E-state index is -0.670. The van der Waals surface area contributed by atoms with Crippen molar-refractivity contribution in [3.63, 3.8) is 0 Å². The number of hydrogen-bond donors (Lipinski definition) is 2. The van der Waals surface area contributed by atoms with Crippen molar-refractivity contribution < 1.29 is 19.1 Å². The fourth-order valence-electron chi connectivity index (χ4n) is 3.61. The van der Waals surface area contributed by atoms with Gasteiger partial charge in [-0.2, -0.15) is 0 Å². The van der Waals surface area contributed by atoms with Crippen molar-refractivity contribution in [3.05, 3.63) is 59.7 Å². The summed E-state index contributed by atoms with van der Waals surface area (Å²) in [6.07, 6.45) is 1.49. The van der Waals surface area contributed by atoms with E-state index >= 15 is 0 Å². The average molecular weight is 382 g/mol. The largest absolute Gasteiger partial charge is 0.496 e. The Morgan fingerprint density at radius 2 is 1.71 bits per heavy atom. The first-order valence-electron chi connectivity index (χ1n) is 9.42. The highest BCUT2D eigenvalue weighted by Crippen LogP contribution is 2.39. The van der Waals surface area contributed by atoms with Gasteiger partial charge >= 0.3 is 11.8 Å². The molecule has 0 aliphatic carbocycles. The van der Waals surface area contributed by atoms with Crippen LogP contribution in [0.2, 0.25) is 0 Å². The molecule has 0 unspecified atom stereocenters. The Bertz CT molecular complexity index is 844. The number of aryl methyl sites for hydroxylation is 1. The maximum atomic E-state index is 12.4. The van der Waals surface area contributed by atoms with Crippen molar-refractivity contribution in [1.82, 2.24) is 5.32 Å². The number of ether oxygens (including phenoxy) is 2. The lowest BCUT2D eigenvalue weighted by Gasteiger charge is -2.38. The minimum Gasteiger partial charge on any atom is -0.496 e. The lowest BCUT2D eigenvalue weighted by atomic mass is 9.73. The van der Waals surface area contributed by atoms with Gasteiger partial charge in [-0.05, 0) is 37.5 Å². The van der Waals surface area contributed by atoms with E-state index in [4.69, 9.17) is 9.47 Å². The van der Waals surface area contributed by atoms with Crippen LogP contribution in [0.1, 0.15) is 24.0 Å². The summed E-state index contributed by atoms with van der Waals surface area (Å²) in [6, 6.07) is 15.2. The highest BCUT2D eigenvalue weighted by Gasteiger charge is 2.37. The highest BCUT2D eigenvalue weighted by molar-refractivity contribution is 6.39. The highest BCUT2D eigenvalue weighted by atomic mass is 16.5. The van der Waals surface area contributed by atoms with Gasteiger partial charge in [0.15, 0.2) is 0 Å². The second-order valence-electron chi connectivity index (χ2n) is 7.04. The summed E-state index contributed by atoms with van der Waals surface area (Å²) in [4.78, 5) is 24.8. The molecule has 0 saturated carbocycles. The van der Waals surface area contributed by atoms with Gasteiger partial charge in [-0.25, -0.2) is 0 Å². The van der Waals surface area contributed by atoms with Gasteiger partial charge in [-0.3, -0.25) is 9.59 Å². The Balaban J connectivity index is 1.72. The van der Waals surface area contributed by atoms with Gasteiger partial charge in [0.2, 0.25) is 0 Å². The van der Waals surface area contributed by atoms with E-state index in [0.29, 0.717) is 25.4 Å². The third-order valence-electron chi connectivity index (χ3n) is 5.32. The van der Waals surface area contributed by atoms with Crippen molar-refractivity contribution in [2.75, 3.05) is 32.2 Å². The molecule has 0 aromatic heterocycles. The molecule has 28 heavy (non-hydrogen) atoms. The van der Waals surface area contributed by atoms with Crippen LogP contribution in [0.15, 0.2) is 48.5 Å². The molecule has 0 atom stereocenters. The summed E-state index contributed by atoms with van der Waals surface area (Å²) in [5.74, 6) is -0.538. The van der Waals surface area contributed by atoms with Crippen LogP contribution in [0.3, 0.4) is 0 Å². The topological polar surface area (TPSA) is 76.7 Å². The maximum absolute atomic E-state index is 12.4. The zero-order valence-electron chi connectivity index (χ0n) is 16.3. The molecule has 2 amide bonds. The lowest BCUT2D eigenvalue weighted by Crippen LogP contribution is -2.47. The predicted octanol–water partition coefficient (Wildman–Crippen LogP) is 2.81. The van der Waals surface area contributed by atoms with Gasteiger partial charge in [0.05, 0.1) is 7.11 Å². The number of hydrogen-bond acceptors (Lipinski definition) is 4. The van der Waals surface area contributed by atoms with Crippen LogP contribution in [0.25, 0.3) is 0 Å². The van der Waals surface area contributed by atoms with Gasteiger partial charge in [0.25, 0.3) is 0 Å². The van der Waals surface area contributed by atoms with Crippen molar-refractivity contribution in [2.24, 2.45) is 0 Å². The zero-order chi connectivity index (χ0) is 20.0. The number of methoxy groups -OCH3 is 1. The van der Waals surface area contributed by atoms with E-state index in [1.54, 1.807) is 13.2 Å². The number of carbonyl (C=O) groups excluding carboxylic acids is 2. The van der Waals surface area contributed by atoms with E-state index in [9.17, 15) is 9.59 Å². The Kier molecular flexibility index (Phi) is 6.31. The van der Waals surface area contributed by atoms with Crippen LogP contribution in [0, 0.1) is 6.92 Å². The standard InChI is InChI=1S/C22H26N2O4/c1-16-7-3-5-9-18(16)24-21(26)20(25)23-15-22(11-13-28-14-12-22)17-8-4-6-10-19(17)27-2/h3-10H,11-15H2,1-2H3,(H,23,25)(H,24,26). The van der Waals surface area contributed by atoms with Crippen LogP contribution in [0.4, 0.5) is 5.69 Å². The van der Waals surface area contributed by atoms with Crippen molar-refractivity contribution >= 4 is 17.5 Å². The average Bonchev–Trinajstić information content (AvgIpc) is 2.74. The molecule has 2 N–H and O–H groups in total. The summed E-state index contributed by atoms with van der Waals surface area (Å²) < 4.78 is 11.1. The third kappa shape index (κ3) is 4.34. The molecule has 1 heterocycles. The van der Waals surface area contributed by atoms with E-state index in [1.807, 2.05) is 49.4 Å². The zero-order valence-corrected chi connectivity index (χ0v) is 16.3. The van der Waals surface area contributed by atoms with Gasteiger partial charge < -0.3 is 20.1 Å². The van der Waals surface area contributed by atoms with Crippen molar-refractivity contribution in [3.8, 4) is 5.75 Å². The molecule has 2 aromatic carbocycles. The molecular formula is C22H26N2O4. The molecule has 0 bridgehead atoms. The molecule has 2 aromatic rings. The molecule has 3 rings (SSSR count). The van der Waals surface area contributed by atoms with Crippen LogP contribution >= 0.6 is 0 Å². The maximum Gasteiger partial charge on any atom is 0.313 e. The number of para-hydroxylation sites is 2. The molecule has 6 heteroatoms. The number of nitrogens with one attached hydrogen (secondary N) is 2. The van der Waals surface area contributed by atoms with Gasteiger partial charge in [-0.1, -0.05) is 36.4 Å². The third-order valence-corrected chi connectivity index (χ3v) is 5.32. The van der Waals surface area contributed by atoms with Gasteiger partial charge in [0, 0.05) is 36.4 Å². The summed E-state index contributed by atoms with van der Waals surface area (Å²) >= 11 is 0. The van der Waals surface area contributed by atoms with E-state index in [-0.39, 0.29) is 5.41 Å². The molecule has 0 radical (unpaired) electrons. The summed E-state index contributed by atoms with van der Waals surface area (Å²) in [6.45, 7) is 3.43. The molecule has 148 valence electrons. The first-order valence-corrected chi connectivity index (χ1v) is 9.42. The summed E-state index contributed by atoms with van der Waals surface area (Å²) in [5.41, 5.74) is 2.23. The molecular weight excluding hydrogens is 356 g/mol. The van der Waals surface area contributed by atoms with E-state index < -0.39 is 11.8 Å². The Labute approximate surface area is 165 Å². The van der Waals surface area contributed by atoms with E-state index in [0.717, 1.165) is 29.7 Å². The smallest absolute Gasteiger partial charge is 0.313 e. The molecule has 1 fully saturated rings. The second-order valence-corrected chi connectivity index (χ2v) is 7.04. The summed E-state index contributed by atoms with van der Waals surface area (Å²) in [5, 5.41) is 5.49. The molecule has 1 aliphatic heterocycles. The fourth-order valence-corrected chi connectivity index (χ4v) is 3.61. The molecule has 0 spiro atoms. The first-order chi connectivity index (χ1) is 13.6. The van der Waals surface area contributed by atoms with Crippen LogP contribution in [-0.2, 0) is 19.7 Å². The summed E-state index contributed by atoms with van der Waals surface area (Å²) in [7, 11) is 1.64. The minimum absolute atomic E-state index is 0.330.